The smallest absolute Gasteiger partial charge is 0.241 e. The number of benzene rings is 1. The highest BCUT2D eigenvalue weighted by Gasteiger charge is 2.17. The van der Waals surface area contributed by atoms with E-state index in [1.807, 2.05) is 19.1 Å². The van der Waals surface area contributed by atoms with Crippen molar-refractivity contribution < 1.29 is 8.42 Å². The first-order valence-electron chi connectivity index (χ1n) is 6.66. The summed E-state index contributed by atoms with van der Waals surface area (Å²) in [5.74, 6) is 0. The molecule has 21 heavy (non-hydrogen) atoms. The van der Waals surface area contributed by atoms with Gasteiger partial charge in [-0.15, -0.1) is 0 Å². The summed E-state index contributed by atoms with van der Waals surface area (Å²) in [6.07, 6.45) is 2.97. The Morgan fingerprint density at radius 3 is 2.67 bits per heavy atom. The van der Waals surface area contributed by atoms with E-state index in [4.69, 9.17) is 0 Å². The largest absolute Gasteiger partial charge is 0.313 e. The molecule has 0 fully saturated rings. The van der Waals surface area contributed by atoms with Gasteiger partial charge in [-0.2, -0.15) is 0 Å². The van der Waals surface area contributed by atoms with Crippen LogP contribution in [0.2, 0.25) is 0 Å². The van der Waals surface area contributed by atoms with Crippen molar-refractivity contribution in [1.29, 1.82) is 0 Å². The monoisotopic (exact) mass is 306 g/mol. The van der Waals surface area contributed by atoms with Crippen molar-refractivity contribution in [2.45, 2.75) is 24.9 Å². The molecule has 0 atom stereocenters. The summed E-state index contributed by atoms with van der Waals surface area (Å²) in [7, 11) is -3.57. The highest BCUT2D eigenvalue weighted by molar-refractivity contribution is 7.89. The molecule has 0 saturated carbocycles. The lowest BCUT2D eigenvalue weighted by Crippen LogP contribution is -2.26. The van der Waals surface area contributed by atoms with Crippen LogP contribution in [0.4, 0.5) is 0 Å². The highest BCUT2D eigenvalue weighted by Crippen LogP contribution is 2.15. The van der Waals surface area contributed by atoms with Crippen molar-refractivity contribution in [3.63, 3.8) is 0 Å². The lowest BCUT2D eigenvalue weighted by Gasteiger charge is -2.11. The number of rotatable bonds is 7. The SMILES string of the molecule is CCNCc1ccccc1S(=O)(=O)NCc1ccncn1. The van der Waals surface area contributed by atoms with Gasteiger partial charge in [-0.05, 0) is 24.2 Å². The van der Waals surface area contributed by atoms with E-state index < -0.39 is 10.0 Å². The van der Waals surface area contributed by atoms with Gasteiger partial charge >= 0.3 is 0 Å². The molecule has 2 aromatic rings. The molecule has 1 aromatic heterocycles. The predicted octanol–water partition coefficient (Wildman–Crippen LogP) is 1.06. The fourth-order valence-corrected chi connectivity index (χ4v) is 3.08. The summed E-state index contributed by atoms with van der Waals surface area (Å²) in [6, 6.07) is 8.63. The standard InChI is InChI=1S/C14H18N4O2S/c1-2-15-9-12-5-3-4-6-14(12)21(19,20)18-10-13-7-8-16-11-17-13/h3-8,11,15,18H,2,9-10H2,1H3. The Bertz CT molecular complexity index is 674. The molecule has 0 radical (unpaired) electrons. The minimum absolute atomic E-state index is 0.139. The molecular formula is C14H18N4O2S. The maximum absolute atomic E-state index is 12.4. The Hall–Kier alpha value is -1.83. The quantitative estimate of drug-likeness (QED) is 0.799. The zero-order valence-electron chi connectivity index (χ0n) is 11.8. The Morgan fingerprint density at radius 1 is 1.14 bits per heavy atom. The summed E-state index contributed by atoms with van der Waals surface area (Å²) in [6.45, 7) is 3.41. The fraction of sp³-hybridized carbons (Fsp3) is 0.286. The molecule has 7 heteroatoms. The molecule has 2 rings (SSSR count). The molecular weight excluding hydrogens is 288 g/mol. The number of nitrogens with one attached hydrogen (secondary N) is 2. The molecule has 0 bridgehead atoms. The Kier molecular flexibility index (Phi) is 5.38. The Balaban J connectivity index is 2.15. The van der Waals surface area contributed by atoms with E-state index in [1.54, 1.807) is 24.4 Å². The van der Waals surface area contributed by atoms with Crippen molar-refractivity contribution in [3.05, 3.63) is 54.1 Å². The lowest BCUT2D eigenvalue weighted by molar-refractivity contribution is 0.577. The van der Waals surface area contributed by atoms with Crippen LogP contribution in [0.15, 0.2) is 47.8 Å². The Labute approximate surface area is 124 Å². The number of hydrogen-bond acceptors (Lipinski definition) is 5. The van der Waals surface area contributed by atoms with Crippen molar-refractivity contribution in [3.8, 4) is 0 Å². The molecule has 2 N–H and O–H groups in total. The Morgan fingerprint density at radius 2 is 1.95 bits per heavy atom. The van der Waals surface area contributed by atoms with Crippen molar-refractivity contribution in [2.24, 2.45) is 0 Å². The summed E-state index contributed by atoms with van der Waals surface area (Å²) < 4.78 is 27.4. The van der Waals surface area contributed by atoms with Crippen LogP contribution < -0.4 is 10.0 Å². The average molecular weight is 306 g/mol. The van der Waals surface area contributed by atoms with Gasteiger partial charge < -0.3 is 5.32 Å². The highest BCUT2D eigenvalue weighted by atomic mass is 32.2. The maximum atomic E-state index is 12.4. The summed E-state index contributed by atoms with van der Waals surface area (Å²) in [4.78, 5) is 8.09. The molecule has 0 aliphatic carbocycles. The third kappa shape index (κ3) is 4.32. The van der Waals surface area contributed by atoms with Crippen molar-refractivity contribution in [1.82, 2.24) is 20.0 Å². The number of hydrogen-bond donors (Lipinski definition) is 2. The summed E-state index contributed by atoms with van der Waals surface area (Å²) in [5, 5.41) is 3.14. The van der Waals surface area contributed by atoms with Gasteiger partial charge in [0.1, 0.15) is 6.33 Å². The van der Waals surface area contributed by atoms with Crippen LogP contribution in [-0.2, 0) is 23.1 Å². The van der Waals surface area contributed by atoms with E-state index in [1.165, 1.54) is 6.33 Å². The molecule has 6 nitrogen and oxygen atoms in total. The van der Waals surface area contributed by atoms with Crippen LogP contribution in [0.5, 0.6) is 0 Å². The van der Waals surface area contributed by atoms with Gasteiger partial charge in [0.05, 0.1) is 17.1 Å². The molecule has 112 valence electrons. The van der Waals surface area contributed by atoms with Crippen LogP contribution in [-0.4, -0.2) is 24.9 Å². The number of nitrogens with zero attached hydrogens (tertiary/aromatic N) is 2. The predicted molar refractivity (Wildman–Crippen MR) is 79.9 cm³/mol. The van der Waals surface area contributed by atoms with E-state index in [2.05, 4.69) is 20.0 Å². The van der Waals surface area contributed by atoms with Crippen LogP contribution in [0.3, 0.4) is 0 Å². The second-order valence-electron chi connectivity index (χ2n) is 4.41. The second kappa shape index (κ2) is 7.26. The van der Waals surface area contributed by atoms with Gasteiger partial charge in [0.15, 0.2) is 0 Å². The van der Waals surface area contributed by atoms with E-state index in [-0.39, 0.29) is 6.54 Å². The van der Waals surface area contributed by atoms with E-state index in [0.29, 0.717) is 17.1 Å². The summed E-state index contributed by atoms with van der Waals surface area (Å²) >= 11 is 0. The van der Waals surface area contributed by atoms with Crippen LogP contribution in [0.1, 0.15) is 18.2 Å². The fourth-order valence-electron chi connectivity index (χ4n) is 1.84. The minimum Gasteiger partial charge on any atom is -0.313 e. The number of sulfonamides is 1. The van der Waals surface area contributed by atoms with E-state index in [0.717, 1.165) is 12.1 Å². The van der Waals surface area contributed by atoms with Crippen LogP contribution in [0, 0.1) is 0 Å². The molecule has 0 spiro atoms. The molecule has 0 saturated heterocycles. The van der Waals surface area contributed by atoms with E-state index in [9.17, 15) is 8.42 Å². The molecule has 1 heterocycles. The van der Waals surface area contributed by atoms with E-state index >= 15 is 0 Å². The second-order valence-corrected chi connectivity index (χ2v) is 6.15. The first kappa shape index (κ1) is 15.6. The minimum atomic E-state index is -3.57. The number of aromatic nitrogens is 2. The maximum Gasteiger partial charge on any atom is 0.241 e. The van der Waals surface area contributed by atoms with Crippen molar-refractivity contribution in [2.75, 3.05) is 6.54 Å². The van der Waals surface area contributed by atoms with Gasteiger partial charge in [-0.25, -0.2) is 23.1 Å². The van der Waals surface area contributed by atoms with Crippen LogP contribution >= 0.6 is 0 Å². The first-order chi connectivity index (χ1) is 10.1. The zero-order valence-corrected chi connectivity index (χ0v) is 12.6. The third-order valence-electron chi connectivity index (χ3n) is 2.91. The van der Waals surface area contributed by atoms with Crippen molar-refractivity contribution >= 4 is 10.0 Å². The topological polar surface area (TPSA) is 84.0 Å². The summed E-state index contributed by atoms with van der Waals surface area (Å²) in [5.41, 5.74) is 1.37. The molecule has 0 aliphatic rings. The molecule has 0 amide bonds. The zero-order chi connectivity index (χ0) is 15.1. The van der Waals surface area contributed by atoms with Gasteiger partial charge in [0, 0.05) is 12.7 Å². The van der Waals surface area contributed by atoms with Gasteiger partial charge in [0.25, 0.3) is 0 Å². The normalized spacial score (nSPS) is 11.5. The van der Waals surface area contributed by atoms with Crippen LogP contribution in [0.25, 0.3) is 0 Å². The first-order valence-corrected chi connectivity index (χ1v) is 8.15. The molecule has 0 aliphatic heterocycles. The van der Waals surface area contributed by atoms with Gasteiger partial charge in [-0.1, -0.05) is 25.1 Å². The molecule has 0 unspecified atom stereocenters. The van der Waals surface area contributed by atoms with Gasteiger partial charge in [0.2, 0.25) is 10.0 Å². The molecule has 1 aromatic carbocycles. The third-order valence-corrected chi connectivity index (χ3v) is 4.42. The average Bonchev–Trinajstić information content (AvgIpc) is 2.52. The van der Waals surface area contributed by atoms with Gasteiger partial charge in [-0.3, -0.25) is 0 Å². The lowest BCUT2D eigenvalue weighted by atomic mass is 10.2.